The van der Waals surface area contributed by atoms with Crippen LogP contribution in [0.15, 0.2) is 58.5 Å². The largest absolute Gasteiger partial charge is 0.334 e. The molecule has 4 rings (SSSR count). The van der Waals surface area contributed by atoms with Crippen molar-refractivity contribution in [3.63, 3.8) is 0 Å². The average Bonchev–Trinajstić information content (AvgIpc) is 3.35. The maximum absolute atomic E-state index is 5.92. The molecule has 0 aliphatic rings. The number of rotatable bonds is 7. The lowest BCUT2D eigenvalue weighted by Crippen LogP contribution is -2.02. The van der Waals surface area contributed by atoms with Crippen molar-refractivity contribution in [3.05, 3.63) is 59.6 Å². The van der Waals surface area contributed by atoms with Gasteiger partial charge in [-0.25, -0.2) is 0 Å². The Balaban J connectivity index is 1.51. The zero-order valence-corrected chi connectivity index (χ0v) is 16.7. The number of thioether (sulfide) groups is 1. The Kier molecular flexibility index (Phi) is 5.68. The van der Waals surface area contributed by atoms with Crippen molar-refractivity contribution in [1.29, 1.82) is 0 Å². The number of halogens is 1. The molecule has 0 spiro atoms. The molecule has 9 heteroatoms. The lowest BCUT2D eigenvalue weighted by molar-refractivity contribution is 0.425. The molecular weight excluding hydrogens is 396 g/mol. The van der Waals surface area contributed by atoms with Crippen LogP contribution < -0.4 is 0 Å². The SMILES string of the molecule is CCCn1c(SCc2noc(-c3ccc(Cl)cc3)n2)nnc1-c1ccncc1. The number of benzene rings is 1. The molecule has 3 aromatic heterocycles. The molecule has 0 saturated carbocycles. The maximum Gasteiger partial charge on any atom is 0.257 e. The van der Waals surface area contributed by atoms with E-state index in [4.69, 9.17) is 16.1 Å². The van der Waals surface area contributed by atoms with Crippen LogP contribution >= 0.6 is 23.4 Å². The minimum atomic E-state index is 0.472. The predicted octanol–water partition coefficient (Wildman–Crippen LogP) is 4.75. The van der Waals surface area contributed by atoms with E-state index in [1.54, 1.807) is 24.5 Å². The molecule has 0 N–H and O–H groups in total. The first-order valence-electron chi connectivity index (χ1n) is 8.79. The lowest BCUT2D eigenvalue weighted by Gasteiger charge is -2.07. The van der Waals surface area contributed by atoms with Crippen LogP contribution in [0.5, 0.6) is 0 Å². The third-order valence-corrected chi connectivity index (χ3v) is 5.21. The van der Waals surface area contributed by atoms with Gasteiger partial charge >= 0.3 is 0 Å². The normalized spacial score (nSPS) is 11.1. The summed E-state index contributed by atoms with van der Waals surface area (Å²) in [6.07, 6.45) is 4.49. The summed E-state index contributed by atoms with van der Waals surface area (Å²) < 4.78 is 7.48. The van der Waals surface area contributed by atoms with E-state index in [9.17, 15) is 0 Å². The molecule has 1 aromatic carbocycles. The van der Waals surface area contributed by atoms with Crippen LogP contribution in [-0.2, 0) is 12.3 Å². The zero-order valence-electron chi connectivity index (χ0n) is 15.1. The highest BCUT2D eigenvalue weighted by atomic mass is 35.5. The van der Waals surface area contributed by atoms with E-state index in [0.29, 0.717) is 22.5 Å². The van der Waals surface area contributed by atoms with Crippen LogP contribution in [0, 0.1) is 0 Å². The first-order valence-corrected chi connectivity index (χ1v) is 10.2. The molecule has 28 heavy (non-hydrogen) atoms. The van der Waals surface area contributed by atoms with Gasteiger partial charge in [0.1, 0.15) is 0 Å². The molecule has 0 saturated heterocycles. The topological polar surface area (TPSA) is 82.5 Å². The van der Waals surface area contributed by atoms with E-state index >= 15 is 0 Å². The Labute approximate surface area is 171 Å². The van der Waals surface area contributed by atoms with Gasteiger partial charge in [-0.15, -0.1) is 10.2 Å². The Morgan fingerprint density at radius 2 is 1.82 bits per heavy atom. The van der Waals surface area contributed by atoms with Crippen molar-refractivity contribution in [1.82, 2.24) is 29.9 Å². The summed E-state index contributed by atoms with van der Waals surface area (Å²) in [5.74, 6) is 2.45. The summed E-state index contributed by atoms with van der Waals surface area (Å²) in [5, 5.41) is 14.3. The summed E-state index contributed by atoms with van der Waals surface area (Å²) in [7, 11) is 0. The fourth-order valence-corrected chi connectivity index (χ4v) is 3.62. The highest BCUT2D eigenvalue weighted by Gasteiger charge is 2.16. The molecule has 0 aliphatic carbocycles. The van der Waals surface area contributed by atoms with Crippen LogP contribution in [-0.4, -0.2) is 29.9 Å². The van der Waals surface area contributed by atoms with Gasteiger partial charge in [0, 0.05) is 35.1 Å². The van der Waals surface area contributed by atoms with E-state index in [1.165, 1.54) is 11.8 Å². The Morgan fingerprint density at radius 1 is 1.04 bits per heavy atom. The molecule has 0 atom stereocenters. The molecule has 0 bridgehead atoms. The summed E-state index contributed by atoms with van der Waals surface area (Å²) in [6, 6.07) is 11.2. The highest BCUT2D eigenvalue weighted by Crippen LogP contribution is 2.27. The van der Waals surface area contributed by atoms with Gasteiger partial charge in [0.25, 0.3) is 5.89 Å². The van der Waals surface area contributed by atoms with Crippen molar-refractivity contribution >= 4 is 23.4 Å². The Hall–Kier alpha value is -2.71. The van der Waals surface area contributed by atoms with Gasteiger partial charge in [-0.2, -0.15) is 4.98 Å². The number of pyridine rings is 1. The van der Waals surface area contributed by atoms with Crippen LogP contribution in [0.25, 0.3) is 22.8 Å². The summed E-state index contributed by atoms with van der Waals surface area (Å²) in [6.45, 7) is 2.96. The fourth-order valence-electron chi connectivity index (χ4n) is 2.69. The van der Waals surface area contributed by atoms with Crippen LogP contribution in [0.2, 0.25) is 5.02 Å². The van der Waals surface area contributed by atoms with Gasteiger partial charge in [0.15, 0.2) is 16.8 Å². The first kappa shape index (κ1) is 18.6. The van der Waals surface area contributed by atoms with Gasteiger partial charge in [-0.05, 0) is 42.8 Å². The van der Waals surface area contributed by atoms with Gasteiger partial charge in [-0.1, -0.05) is 35.4 Å². The molecule has 0 aliphatic heterocycles. The van der Waals surface area contributed by atoms with Crippen LogP contribution in [0.4, 0.5) is 0 Å². The smallest absolute Gasteiger partial charge is 0.257 e. The summed E-state index contributed by atoms with van der Waals surface area (Å²) in [4.78, 5) is 8.52. The molecule has 0 amide bonds. The van der Waals surface area contributed by atoms with Crippen LogP contribution in [0.3, 0.4) is 0 Å². The van der Waals surface area contributed by atoms with Crippen molar-refractivity contribution in [3.8, 4) is 22.8 Å². The van der Waals surface area contributed by atoms with Gasteiger partial charge in [-0.3, -0.25) is 4.98 Å². The predicted molar refractivity (Wildman–Crippen MR) is 108 cm³/mol. The lowest BCUT2D eigenvalue weighted by atomic mass is 10.2. The number of nitrogens with zero attached hydrogens (tertiary/aromatic N) is 6. The number of aromatic nitrogens is 6. The van der Waals surface area contributed by atoms with Crippen molar-refractivity contribution < 1.29 is 4.52 Å². The van der Waals surface area contributed by atoms with E-state index in [0.717, 1.165) is 35.1 Å². The molecule has 4 aromatic rings. The Bertz CT molecular complexity index is 1050. The second kappa shape index (κ2) is 8.53. The minimum Gasteiger partial charge on any atom is -0.334 e. The fraction of sp³-hybridized carbons (Fsp3) is 0.211. The molecule has 142 valence electrons. The third-order valence-electron chi connectivity index (χ3n) is 3.99. The molecule has 0 radical (unpaired) electrons. The van der Waals surface area contributed by atoms with E-state index in [2.05, 4.69) is 36.8 Å². The molecule has 0 fully saturated rings. The standard InChI is InChI=1S/C19H17ClN6OS/c1-2-11-26-17(13-7-9-21-10-8-13)23-24-19(26)28-12-16-22-18(27-25-16)14-3-5-15(20)6-4-14/h3-10H,2,11-12H2,1H3. The summed E-state index contributed by atoms with van der Waals surface area (Å²) in [5.41, 5.74) is 1.83. The van der Waals surface area contributed by atoms with Crippen molar-refractivity contribution in [2.75, 3.05) is 0 Å². The molecule has 7 nitrogen and oxygen atoms in total. The molecular formula is C19H17ClN6OS. The van der Waals surface area contributed by atoms with E-state index in [1.807, 2.05) is 24.3 Å². The molecule has 0 unspecified atom stereocenters. The first-order chi connectivity index (χ1) is 13.7. The van der Waals surface area contributed by atoms with E-state index < -0.39 is 0 Å². The minimum absolute atomic E-state index is 0.472. The second-order valence-electron chi connectivity index (χ2n) is 6.01. The maximum atomic E-state index is 5.92. The Morgan fingerprint density at radius 3 is 2.57 bits per heavy atom. The van der Waals surface area contributed by atoms with Gasteiger partial charge in [0.2, 0.25) is 0 Å². The monoisotopic (exact) mass is 412 g/mol. The third kappa shape index (κ3) is 4.07. The van der Waals surface area contributed by atoms with Crippen molar-refractivity contribution in [2.24, 2.45) is 0 Å². The number of hydrogen-bond acceptors (Lipinski definition) is 7. The highest BCUT2D eigenvalue weighted by molar-refractivity contribution is 7.98. The number of hydrogen-bond donors (Lipinski definition) is 0. The quantitative estimate of drug-likeness (QED) is 0.405. The zero-order chi connectivity index (χ0) is 19.3. The average molecular weight is 413 g/mol. The van der Waals surface area contributed by atoms with Crippen molar-refractivity contribution in [2.45, 2.75) is 30.8 Å². The van der Waals surface area contributed by atoms with E-state index in [-0.39, 0.29) is 0 Å². The summed E-state index contributed by atoms with van der Waals surface area (Å²) >= 11 is 7.45. The van der Waals surface area contributed by atoms with Crippen LogP contribution in [0.1, 0.15) is 19.2 Å². The van der Waals surface area contributed by atoms with Gasteiger partial charge in [0.05, 0.1) is 5.75 Å². The van der Waals surface area contributed by atoms with Gasteiger partial charge < -0.3 is 9.09 Å². The molecule has 3 heterocycles. The second-order valence-corrected chi connectivity index (χ2v) is 7.38.